The largest absolute Gasteiger partial charge is 0.464 e. The Morgan fingerprint density at radius 2 is 2.11 bits per heavy atom. The molecule has 92 valence electrons. The highest BCUT2D eigenvalue weighted by atomic mass is 16.3. The van der Waals surface area contributed by atoms with E-state index in [0.717, 1.165) is 35.6 Å². The van der Waals surface area contributed by atoms with Crippen molar-refractivity contribution in [3.05, 3.63) is 42.4 Å². The van der Waals surface area contributed by atoms with Crippen LogP contribution in [0.4, 0.5) is 0 Å². The van der Waals surface area contributed by atoms with E-state index in [1.165, 1.54) is 5.52 Å². The second-order valence-electron chi connectivity index (χ2n) is 4.31. The van der Waals surface area contributed by atoms with Crippen LogP contribution in [0.5, 0.6) is 0 Å². The summed E-state index contributed by atoms with van der Waals surface area (Å²) >= 11 is 0. The van der Waals surface area contributed by atoms with Crippen molar-refractivity contribution in [2.45, 2.75) is 26.8 Å². The van der Waals surface area contributed by atoms with Crippen LogP contribution >= 0.6 is 0 Å². The zero-order valence-electron chi connectivity index (χ0n) is 10.7. The number of imidazole rings is 1. The molecule has 0 radical (unpaired) electrons. The minimum Gasteiger partial charge on any atom is -0.464 e. The first kappa shape index (κ1) is 11.1. The smallest absolute Gasteiger partial charge is 0.133 e. The number of benzene rings is 1. The molecule has 0 unspecified atom stereocenters. The molecule has 0 saturated heterocycles. The third kappa shape index (κ3) is 1.63. The van der Waals surface area contributed by atoms with Crippen LogP contribution < -0.4 is 0 Å². The monoisotopic (exact) mass is 240 g/mol. The predicted molar refractivity (Wildman–Crippen MR) is 72.5 cm³/mol. The summed E-state index contributed by atoms with van der Waals surface area (Å²) in [4.78, 5) is 4.69. The molecule has 0 aliphatic carbocycles. The van der Waals surface area contributed by atoms with Gasteiger partial charge >= 0.3 is 0 Å². The van der Waals surface area contributed by atoms with Gasteiger partial charge in [0.1, 0.15) is 11.6 Å². The molecule has 3 rings (SSSR count). The number of hydrogen-bond acceptors (Lipinski definition) is 2. The Kier molecular flexibility index (Phi) is 2.67. The van der Waals surface area contributed by atoms with Crippen LogP contribution in [0.3, 0.4) is 0 Å². The van der Waals surface area contributed by atoms with E-state index in [1.807, 2.05) is 12.1 Å². The normalized spacial score (nSPS) is 11.2. The van der Waals surface area contributed by atoms with E-state index < -0.39 is 0 Å². The van der Waals surface area contributed by atoms with Gasteiger partial charge in [0, 0.05) is 18.5 Å². The zero-order valence-corrected chi connectivity index (χ0v) is 10.7. The number of rotatable bonds is 3. The third-order valence-electron chi connectivity index (χ3n) is 3.27. The van der Waals surface area contributed by atoms with Crippen molar-refractivity contribution < 1.29 is 4.42 Å². The topological polar surface area (TPSA) is 31.0 Å². The third-order valence-corrected chi connectivity index (χ3v) is 3.27. The number of aromatic nitrogens is 2. The summed E-state index contributed by atoms with van der Waals surface area (Å²) in [5.74, 6) is 2.03. The Morgan fingerprint density at radius 3 is 2.78 bits per heavy atom. The second kappa shape index (κ2) is 4.33. The number of fused-ring (bicyclic) bond motifs is 1. The van der Waals surface area contributed by atoms with Gasteiger partial charge in [-0.3, -0.25) is 0 Å². The lowest BCUT2D eigenvalue weighted by Gasteiger charge is -2.03. The molecule has 1 aromatic carbocycles. The van der Waals surface area contributed by atoms with Gasteiger partial charge in [-0.1, -0.05) is 6.92 Å². The standard InChI is InChI=1S/C15H16N2O/c1-3-15-16-12-10-11(14-6-5-9-18-14)7-8-13(12)17(15)4-2/h5-10H,3-4H2,1-2H3. The first-order chi connectivity index (χ1) is 8.83. The first-order valence-corrected chi connectivity index (χ1v) is 6.36. The summed E-state index contributed by atoms with van der Waals surface area (Å²) in [5, 5.41) is 0. The van der Waals surface area contributed by atoms with Gasteiger partial charge in [-0.15, -0.1) is 0 Å². The van der Waals surface area contributed by atoms with E-state index >= 15 is 0 Å². The van der Waals surface area contributed by atoms with Crippen LogP contribution in [-0.4, -0.2) is 9.55 Å². The fourth-order valence-corrected chi connectivity index (χ4v) is 2.40. The van der Waals surface area contributed by atoms with E-state index in [2.05, 4.69) is 36.6 Å². The maximum Gasteiger partial charge on any atom is 0.133 e. The van der Waals surface area contributed by atoms with Gasteiger partial charge < -0.3 is 8.98 Å². The molecule has 3 aromatic rings. The molecule has 3 heteroatoms. The van der Waals surface area contributed by atoms with Gasteiger partial charge in [-0.2, -0.15) is 0 Å². The molecule has 0 aliphatic rings. The Hall–Kier alpha value is -2.03. The molecule has 0 fully saturated rings. The van der Waals surface area contributed by atoms with Crippen LogP contribution in [0.1, 0.15) is 19.7 Å². The minimum absolute atomic E-state index is 0.890. The molecule has 2 heterocycles. The average molecular weight is 240 g/mol. The molecule has 0 spiro atoms. The average Bonchev–Trinajstić information content (AvgIpc) is 3.04. The Morgan fingerprint density at radius 1 is 1.22 bits per heavy atom. The van der Waals surface area contributed by atoms with Gasteiger partial charge in [-0.05, 0) is 37.3 Å². The summed E-state index contributed by atoms with van der Waals surface area (Å²) in [5.41, 5.74) is 3.32. The lowest BCUT2D eigenvalue weighted by atomic mass is 10.1. The van der Waals surface area contributed by atoms with Crippen molar-refractivity contribution in [2.24, 2.45) is 0 Å². The molecule has 0 N–H and O–H groups in total. The summed E-state index contributed by atoms with van der Waals surface area (Å²) in [6.45, 7) is 5.25. The lowest BCUT2D eigenvalue weighted by molar-refractivity contribution is 0.582. The molecule has 0 aliphatic heterocycles. The van der Waals surface area contributed by atoms with E-state index in [-0.39, 0.29) is 0 Å². The molecule has 18 heavy (non-hydrogen) atoms. The summed E-state index contributed by atoms with van der Waals surface area (Å²) in [6.07, 6.45) is 2.65. The van der Waals surface area contributed by atoms with Crippen LogP contribution in [0, 0.1) is 0 Å². The summed E-state index contributed by atoms with van der Waals surface area (Å²) in [6, 6.07) is 10.2. The fourth-order valence-electron chi connectivity index (χ4n) is 2.40. The van der Waals surface area contributed by atoms with Crippen molar-refractivity contribution in [2.75, 3.05) is 0 Å². The first-order valence-electron chi connectivity index (χ1n) is 6.36. The lowest BCUT2D eigenvalue weighted by Crippen LogP contribution is -1.99. The number of nitrogens with zero attached hydrogens (tertiary/aromatic N) is 2. The van der Waals surface area contributed by atoms with E-state index in [9.17, 15) is 0 Å². The minimum atomic E-state index is 0.890. The molecule has 0 saturated carbocycles. The molecule has 0 amide bonds. The highest BCUT2D eigenvalue weighted by Gasteiger charge is 2.09. The van der Waals surface area contributed by atoms with Crippen molar-refractivity contribution in [1.29, 1.82) is 0 Å². The van der Waals surface area contributed by atoms with Crippen LogP contribution in [-0.2, 0) is 13.0 Å². The Bertz CT molecular complexity index is 665. The maximum absolute atomic E-state index is 5.42. The van der Waals surface area contributed by atoms with Gasteiger partial charge in [0.2, 0.25) is 0 Å². The Balaban J connectivity index is 2.19. The SMILES string of the molecule is CCc1nc2cc(-c3ccco3)ccc2n1CC. The van der Waals surface area contributed by atoms with Gasteiger partial charge in [0.05, 0.1) is 17.3 Å². The van der Waals surface area contributed by atoms with Crippen molar-refractivity contribution in [3.63, 3.8) is 0 Å². The molecule has 0 atom stereocenters. The molecule has 3 nitrogen and oxygen atoms in total. The predicted octanol–water partition coefficient (Wildman–Crippen LogP) is 3.88. The maximum atomic E-state index is 5.42. The molecular weight excluding hydrogens is 224 g/mol. The molecule has 0 bridgehead atoms. The summed E-state index contributed by atoms with van der Waals surface area (Å²) < 4.78 is 7.69. The number of furan rings is 1. The van der Waals surface area contributed by atoms with Gasteiger partial charge in [-0.25, -0.2) is 4.98 Å². The molecule has 2 aromatic heterocycles. The van der Waals surface area contributed by atoms with Gasteiger partial charge in [0.15, 0.2) is 0 Å². The second-order valence-corrected chi connectivity index (χ2v) is 4.31. The van der Waals surface area contributed by atoms with Crippen LogP contribution in [0.2, 0.25) is 0 Å². The number of hydrogen-bond donors (Lipinski definition) is 0. The van der Waals surface area contributed by atoms with Crippen molar-refractivity contribution in [3.8, 4) is 11.3 Å². The van der Waals surface area contributed by atoms with Gasteiger partial charge in [0.25, 0.3) is 0 Å². The van der Waals surface area contributed by atoms with Crippen LogP contribution in [0.25, 0.3) is 22.4 Å². The molecular formula is C15H16N2O. The van der Waals surface area contributed by atoms with E-state index in [1.54, 1.807) is 6.26 Å². The van der Waals surface area contributed by atoms with E-state index in [0.29, 0.717) is 0 Å². The van der Waals surface area contributed by atoms with Crippen molar-refractivity contribution in [1.82, 2.24) is 9.55 Å². The van der Waals surface area contributed by atoms with E-state index in [4.69, 9.17) is 9.40 Å². The fraction of sp³-hybridized carbons (Fsp3) is 0.267. The van der Waals surface area contributed by atoms with Crippen molar-refractivity contribution >= 4 is 11.0 Å². The zero-order chi connectivity index (χ0) is 12.5. The highest BCUT2D eigenvalue weighted by molar-refractivity contribution is 5.81. The Labute approximate surface area is 106 Å². The number of aryl methyl sites for hydroxylation is 2. The summed E-state index contributed by atoms with van der Waals surface area (Å²) in [7, 11) is 0. The highest BCUT2D eigenvalue weighted by Crippen LogP contribution is 2.25. The van der Waals surface area contributed by atoms with Crippen LogP contribution in [0.15, 0.2) is 41.0 Å². The quantitative estimate of drug-likeness (QED) is 0.695.